The number of hydrogen-bond donors (Lipinski definition) is 4. The number of aromatic nitrogens is 1. The molecule has 0 saturated heterocycles. The first-order valence-corrected chi connectivity index (χ1v) is 17.6. The van der Waals surface area contributed by atoms with Gasteiger partial charge in [-0.25, -0.2) is 4.98 Å². The van der Waals surface area contributed by atoms with E-state index in [0.717, 1.165) is 31.2 Å². The first kappa shape index (κ1) is 37.4. The molecule has 1 aromatic heterocycles. The van der Waals surface area contributed by atoms with E-state index in [4.69, 9.17) is 5.73 Å². The maximum Gasteiger partial charge on any atom is 0.241 e. The SMILES string of the molecule is CC(C)C[C@H](O)[C@H](O)[C@H](CC1CCCCC1)NC(=O)[C@@H](CC(=O)N(CC(=O)N(C)C)C[C@@H](C)c1ccccc1)Cc1csc(N)n1. The Morgan fingerprint density at radius 3 is 2.30 bits per heavy atom. The second-order valence-electron chi connectivity index (χ2n) is 13.7. The number of anilines is 1. The number of aliphatic hydroxyl groups excluding tert-OH is 2. The summed E-state index contributed by atoms with van der Waals surface area (Å²) in [6.45, 7) is 6.18. The highest BCUT2D eigenvalue weighted by molar-refractivity contribution is 7.13. The molecule has 5 atom stereocenters. The Bertz CT molecular complexity index is 1230. The van der Waals surface area contributed by atoms with Crippen LogP contribution in [0.25, 0.3) is 0 Å². The van der Waals surface area contributed by atoms with Gasteiger partial charge >= 0.3 is 0 Å². The van der Waals surface area contributed by atoms with Crippen LogP contribution >= 0.6 is 11.3 Å². The van der Waals surface area contributed by atoms with Crippen LogP contribution in [-0.4, -0.2) is 88.2 Å². The van der Waals surface area contributed by atoms with Gasteiger partial charge < -0.3 is 31.1 Å². The summed E-state index contributed by atoms with van der Waals surface area (Å²) in [7, 11) is 3.31. The number of nitrogen functional groups attached to an aromatic ring is 1. The molecule has 1 aliphatic carbocycles. The summed E-state index contributed by atoms with van der Waals surface area (Å²) >= 11 is 1.27. The zero-order valence-electron chi connectivity index (χ0n) is 28.2. The number of hydrogen-bond acceptors (Lipinski definition) is 8. The number of rotatable bonds is 17. The molecular formula is C35H55N5O5S. The lowest BCUT2D eigenvalue weighted by atomic mass is 9.82. The average Bonchev–Trinajstić information content (AvgIpc) is 3.44. The molecule has 2 aromatic rings. The van der Waals surface area contributed by atoms with Crippen LogP contribution in [0, 0.1) is 17.8 Å². The van der Waals surface area contributed by atoms with Crippen LogP contribution in [0.5, 0.6) is 0 Å². The minimum absolute atomic E-state index is 0.0387. The van der Waals surface area contributed by atoms with E-state index in [1.165, 1.54) is 27.6 Å². The third-order valence-corrected chi connectivity index (χ3v) is 9.74. The summed E-state index contributed by atoms with van der Waals surface area (Å²) < 4.78 is 0. The van der Waals surface area contributed by atoms with Gasteiger partial charge in [-0.2, -0.15) is 0 Å². The Hall–Kier alpha value is -3.02. The zero-order chi connectivity index (χ0) is 33.8. The number of carbonyl (C=O) groups excluding carboxylic acids is 3. The van der Waals surface area contributed by atoms with Gasteiger partial charge in [0.25, 0.3) is 0 Å². The van der Waals surface area contributed by atoms with E-state index in [0.29, 0.717) is 36.1 Å². The Balaban J connectivity index is 1.86. The predicted octanol–water partition coefficient (Wildman–Crippen LogP) is 4.22. The molecule has 1 heterocycles. The number of aliphatic hydroxyl groups is 2. The number of amides is 3. The molecule has 1 fully saturated rings. The maximum absolute atomic E-state index is 14.1. The Kier molecular flexibility index (Phi) is 14.9. The van der Waals surface area contributed by atoms with Crippen LogP contribution in [0.3, 0.4) is 0 Å². The summed E-state index contributed by atoms with van der Waals surface area (Å²) in [4.78, 5) is 48.2. The fourth-order valence-corrected chi connectivity index (χ4v) is 6.88. The number of thiazole rings is 1. The molecule has 0 unspecified atom stereocenters. The molecule has 1 aliphatic rings. The van der Waals surface area contributed by atoms with Crippen LogP contribution < -0.4 is 11.1 Å². The highest BCUT2D eigenvalue weighted by atomic mass is 32.1. The maximum atomic E-state index is 14.1. The third-order valence-electron chi connectivity index (χ3n) is 9.02. The fourth-order valence-electron chi connectivity index (χ4n) is 6.30. The quantitative estimate of drug-likeness (QED) is 0.199. The molecule has 1 aromatic carbocycles. The molecule has 1 saturated carbocycles. The average molecular weight is 658 g/mol. The van der Waals surface area contributed by atoms with Crippen molar-refractivity contribution in [3.8, 4) is 0 Å². The largest absolute Gasteiger partial charge is 0.390 e. The van der Waals surface area contributed by atoms with Gasteiger partial charge in [0.15, 0.2) is 5.13 Å². The lowest BCUT2D eigenvalue weighted by Crippen LogP contribution is -2.52. The zero-order valence-corrected chi connectivity index (χ0v) is 29.0. The lowest BCUT2D eigenvalue weighted by Gasteiger charge is -2.34. The Labute approximate surface area is 278 Å². The van der Waals surface area contributed by atoms with Crippen molar-refractivity contribution in [3.05, 3.63) is 47.0 Å². The van der Waals surface area contributed by atoms with Crippen LogP contribution in [0.15, 0.2) is 35.7 Å². The number of carbonyl (C=O) groups is 3. The molecular weight excluding hydrogens is 602 g/mol. The van der Waals surface area contributed by atoms with Crippen molar-refractivity contribution >= 4 is 34.2 Å². The van der Waals surface area contributed by atoms with Gasteiger partial charge in [-0.3, -0.25) is 14.4 Å². The third kappa shape index (κ3) is 12.0. The fraction of sp³-hybridized carbons (Fsp3) is 0.657. The van der Waals surface area contributed by atoms with Crippen molar-refractivity contribution in [2.75, 3.05) is 32.9 Å². The van der Waals surface area contributed by atoms with Crippen molar-refractivity contribution in [2.45, 2.75) is 103 Å². The summed E-state index contributed by atoms with van der Waals surface area (Å²) in [5, 5.41) is 27.4. The van der Waals surface area contributed by atoms with Gasteiger partial charge in [-0.05, 0) is 36.2 Å². The van der Waals surface area contributed by atoms with Crippen molar-refractivity contribution in [2.24, 2.45) is 17.8 Å². The van der Waals surface area contributed by atoms with Crippen LogP contribution in [-0.2, 0) is 20.8 Å². The number of nitrogens with zero attached hydrogens (tertiary/aromatic N) is 3. The van der Waals surface area contributed by atoms with Crippen molar-refractivity contribution in [1.82, 2.24) is 20.1 Å². The van der Waals surface area contributed by atoms with E-state index in [1.54, 1.807) is 19.5 Å². The van der Waals surface area contributed by atoms with Crippen molar-refractivity contribution in [3.63, 3.8) is 0 Å². The summed E-state index contributed by atoms with van der Waals surface area (Å²) in [5.74, 6) is -1.26. The van der Waals surface area contributed by atoms with Gasteiger partial charge in [0.1, 0.15) is 6.10 Å². The highest BCUT2D eigenvalue weighted by Crippen LogP contribution is 2.29. The normalized spacial score (nSPS) is 17.1. The number of likely N-dealkylation sites (N-methyl/N-ethyl adjacent to an activating group) is 1. The van der Waals surface area contributed by atoms with Gasteiger partial charge in [-0.1, -0.05) is 83.2 Å². The van der Waals surface area contributed by atoms with Gasteiger partial charge in [0.05, 0.1) is 30.3 Å². The number of nitrogens with two attached hydrogens (primary N) is 1. The minimum atomic E-state index is -1.14. The standard InChI is InChI=1S/C35H55N5O5S/c1-23(2)16-30(41)33(44)29(17-25-12-8-6-9-13-25)38-34(45)27(18-28-22-46-35(36)37-28)19-31(42)40(21-32(43)39(4)5)20-24(3)26-14-10-7-11-15-26/h7,10-11,14-15,22-25,27,29-30,33,41,44H,6,8-9,12-13,16-21H2,1-5H3,(H2,36,37)(H,38,45)/t24-,27-,29+,30+,33-/m1/s1. The number of benzene rings is 1. The summed E-state index contributed by atoms with van der Waals surface area (Å²) in [6, 6.07) is 9.15. The van der Waals surface area contributed by atoms with E-state index in [9.17, 15) is 24.6 Å². The molecule has 0 bridgehead atoms. The van der Waals surface area contributed by atoms with Crippen molar-refractivity contribution < 1.29 is 24.6 Å². The van der Waals surface area contributed by atoms with E-state index in [1.807, 2.05) is 51.1 Å². The van der Waals surface area contributed by atoms with E-state index >= 15 is 0 Å². The smallest absolute Gasteiger partial charge is 0.241 e. The van der Waals surface area contributed by atoms with Gasteiger partial charge in [-0.15, -0.1) is 11.3 Å². The van der Waals surface area contributed by atoms with Crippen LogP contribution in [0.1, 0.15) is 89.3 Å². The highest BCUT2D eigenvalue weighted by Gasteiger charge is 2.34. The van der Waals surface area contributed by atoms with Crippen LogP contribution in [0.2, 0.25) is 0 Å². The summed E-state index contributed by atoms with van der Waals surface area (Å²) in [5.41, 5.74) is 7.55. The Morgan fingerprint density at radius 2 is 1.72 bits per heavy atom. The lowest BCUT2D eigenvalue weighted by molar-refractivity contribution is -0.141. The topological polar surface area (TPSA) is 149 Å². The van der Waals surface area contributed by atoms with Crippen LogP contribution in [0.4, 0.5) is 5.13 Å². The van der Waals surface area contributed by atoms with Crippen molar-refractivity contribution in [1.29, 1.82) is 0 Å². The van der Waals surface area contributed by atoms with E-state index in [2.05, 4.69) is 10.3 Å². The number of nitrogens with one attached hydrogen (secondary N) is 1. The predicted molar refractivity (Wildman–Crippen MR) is 183 cm³/mol. The molecule has 10 nitrogen and oxygen atoms in total. The molecule has 11 heteroatoms. The molecule has 3 amide bonds. The monoisotopic (exact) mass is 657 g/mol. The molecule has 5 N–H and O–H groups in total. The van der Waals surface area contributed by atoms with Gasteiger partial charge in [0, 0.05) is 38.9 Å². The molecule has 0 spiro atoms. The first-order valence-electron chi connectivity index (χ1n) is 16.7. The molecule has 256 valence electrons. The summed E-state index contributed by atoms with van der Waals surface area (Å²) in [6.07, 6.45) is 4.33. The van der Waals surface area contributed by atoms with E-state index < -0.39 is 24.2 Å². The first-order chi connectivity index (χ1) is 21.8. The molecule has 0 radical (unpaired) electrons. The van der Waals surface area contributed by atoms with Gasteiger partial charge in [0.2, 0.25) is 17.7 Å². The molecule has 46 heavy (non-hydrogen) atoms. The Morgan fingerprint density at radius 1 is 1.04 bits per heavy atom. The van der Waals surface area contributed by atoms with E-state index in [-0.39, 0.29) is 48.9 Å². The minimum Gasteiger partial charge on any atom is -0.390 e. The molecule has 3 rings (SSSR count). The molecule has 0 aliphatic heterocycles. The second-order valence-corrected chi connectivity index (χ2v) is 14.6. The second kappa shape index (κ2) is 18.4.